The van der Waals surface area contributed by atoms with Crippen LogP contribution in [-0.2, 0) is 15.7 Å². The summed E-state index contributed by atoms with van der Waals surface area (Å²) in [5, 5.41) is 6.76. The molecule has 1 atom stereocenters. The number of methoxy groups -OCH3 is 1. The molecule has 0 aliphatic carbocycles. The van der Waals surface area contributed by atoms with Crippen molar-refractivity contribution in [2.24, 2.45) is 4.99 Å². The molecule has 2 heterocycles. The fraction of sp³-hybridized carbons (Fsp3) is 0.207. The van der Waals surface area contributed by atoms with E-state index in [1.807, 2.05) is 32.0 Å². The summed E-state index contributed by atoms with van der Waals surface area (Å²) in [5.74, 6) is -0.854. The monoisotopic (exact) mass is 612 g/mol. The maximum absolute atomic E-state index is 15.0. The van der Waals surface area contributed by atoms with Crippen molar-refractivity contribution >= 4 is 40.2 Å². The lowest BCUT2D eigenvalue weighted by Crippen LogP contribution is -2.31. The van der Waals surface area contributed by atoms with Crippen LogP contribution in [-0.4, -0.2) is 44.7 Å². The maximum atomic E-state index is 15.0. The summed E-state index contributed by atoms with van der Waals surface area (Å²) in [4.78, 5) is 35.1. The Hall–Kier alpha value is -4.56. The topological polar surface area (TPSA) is 102 Å². The number of anilines is 2. The fourth-order valence-corrected chi connectivity index (χ4v) is 5.17. The standard InChI is InChI=1S/C29H24F4N6O3S/c1-16-4-10-21(17(2)42-3)24(12-16)39-25(40)14-43-28(39)36-27(41)35-23-11-5-18(13-22(23)30)26-34-15-38(37-26)20-8-6-19(7-9-20)29(31,32)33/h4-13,15,17H,14H2,1-3H3,(H,35,41)/b36-28-. The lowest BCUT2D eigenvalue weighted by atomic mass is 10.0. The predicted octanol–water partition coefficient (Wildman–Crippen LogP) is 6.78. The number of thioether (sulfide) groups is 1. The molecule has 43 heavy (non-hydrogen) atoms. The van der Waals surface area contributed by atoms with Gasteiger partial charge in [-0.05, 0) is 67.9 Å². The van der Waals surface area contributed by atoms with Crippen LogP contribution in [0.15, 0.2) is 72.0 Å². The van der Waals surface area contributed by atoms with E-state index >= 15 is 4.39 Å². The second kappa shape index (κ2) is 12.0. The molecule has 9 nitrogen and oxygen atoms in total. The number of ether oxygens (including phenoxy) is 1. The van der Waals surface area contributed by atoms with Gasteiger partial charge in [-0.2, -0.15) is 18.2 Å². The summed E-state index contributed by atoms with van der Waals surface area (Å²) >= 11 is 1.09. The van der Waals surface area contributed by atoms with Crippen LogP contribution in [0.2, 0.25) is 0 Å². The van der Waals surface area contributed by atoms with Crippen LogP contribution in [0.5, 0.6) is 0 Å². The molecule has 3 aromatic carbocycles. The zero-order valence-electron chi connectivity index (χ0n) is 23.0. The SMILES string of the molecule is COC(C)c1ccc(C)cc1N1C(=O)CS/C1=N\C(=O)Nc1ccc(-c2ncn(-c3ccc(C(F)(F)F)cc3)n2)cc1F. The number of amidine groups is 1. The van der Waals surface area contributed by atoms with Crippen molar-refractivity contribution in [1.29, 1.82) is 0 Å². The number of aryl methyl sites for hydroxylation is 1. The van der Waals surface area contributed by atoms with E-state index in [0.29, 0.717) is 11.4 Å². The Labute approximate surface area is 247 Å². The van der Waals surface area contributed by atoms with Gasteiger partial charge >= 0.3 is 12.2 Å². The number of hydrogen-bond acceptors (Lipinski definition) is 6. The number of carbonyl (C=O) groups excluding carboxylic acids is 2. The number of urea groups is 1. The molecular weight excluding hydrogens is 588 g/mol. The molecule has 1 aromatic heterocycles. The Bertz CT molecular complexity index is 1720. The van der Waals surface area contributed by atoms with Crippen LogP contribution < -0.4 is 10.2 Å². The Kier molecular flexibility index (Phi) is 8.33. The first-order valence-electron chi connectivity index (χ1n) is 12.8. The van der Waals surface area contributed by atoms with Crippen molar-refractivity contribution in [3.8, 4) is 17.1 Å². The van der Waals surface area contributed by atoms with Crippen molar-refractivity contribution in [2.45, 2.75) is 26.1 Å². The van der Waals surface area contributed by atoms with Gasteiger partial charge in [-0.1, -0.05) is 23.9 Å². The molecule has 4 aromatic rings. The largest absolute Gasteiger partial charge is 0.416 e. The van der Waals surface area contributed by atoms with Gasteiger partial charge in [-0.15, -0.1) is 5.10 Å². The summed E-state index contributed by atoms with van der Waals surface area (Å²) in [7, 11) is 1.55. The minimum atomic E-state index is -4.47. The van der Waals surface area contributed by atoms with Crippen LogP contribution in [0.1, 0.15) is 29.7 Å². The molecule has 14 heteroatoms. The first kappa shape index (κ1) is 29.9. The predicted molar refractivity (Wildman–Crippen MR) is 155 cm³/mol. The van der Waals surface area contributed by atoms with Gasteiger partial charge in [0.1, 0.15) is 12.1 Å². The summed E-state index contributed by atoms with van der Waals surface area (Å²) in [6.45, 7) is 3.72. The van der Waals surface area contributed by atoms with Gasteiger partial charge in [0.05, 0.1) is 34.5 Å². The van der Waals surface area contributed by atoms with Crippen molar-refractivity contribution in [2.75, 3.05) is 23.1 Å². The molecule has 5 rings (SSSR count). The fourth-order valence-electron chi connectivity index (χ4n) is 4.31. The molecule has 0 radical (unpaired) electrons. The molecule has 0 saturated carbocycles. The van der Waals surface area contributed by atoms with Gasteiger partial charge in [0, 0.05) is 18.2 Å². The van der Waals surface area contributed by atoms with E-state index in [9.17, 15) is 22.8 Å². The third-order valence-corrected chi connectivity index (χ3v) is 7.52. The van der Waals surface area contributed by atoms with E-state index < -0.39 is 23.6 Å². The Morgan fingerprint density at radius 1 is 1.12 bits per heavy atom. The molecule has 1 saturated heterocycles. The number of hydrogen-bond donors (Lipinski definition) is 1. The van der Waals surface area contributed by atoms with E-state index in [1.165, 1.54) is 40.2 Å². The molecule has 222 valence electrons. The molecule has 1 aliphatic heterocycles. The van der Waals surface area contributed by atoms with Crippen molar-refractivity contribution in [3.63, 3.8) is 0 Å². The van der Waals surface area contributed by atoms with Crippen molar-refractivity contribution < 1.29 is 31.9 Å². The number of aromatic nitrogens is 3. The minimum Gasteiger partial charge on any atom is -0.377 e. The average Bonchev–Trinajstić information content (AvgIpc) is 3.60. The summed E-state index contributed by atoms with van der Waals surface area (Å²) < 4.78 is 60.2. The van der Waals surface area contributed by atoms with E-state index in [-0.39, 0.29) is 40.0 Å². The molecular formula is C29H24F4N6O3S. The zero-order valence-corrected chi connectivity index (χ0v) is 23.8. The quantitative estimate of drug-likeness (QED) is 0.241. The Balaban J connectivity index is 1.33. The van der Waals surface area contributed by atoms with E-state index in [4.69, 9.17) is 4.74 Å². The number of benzene rings is 3. The molecule has 1 unspecified atom stereocenters. The van der Waals surface area contributed by atoms with Crippen molar-refractivity contribution in [3.05, 3.63) is 89.5 Å². The second-order valence-electron chi connectivity index (χ2n) is 9.53. The minimum absolute atomic E-state index is 0.0794. The van der Waals surface area contributed by atoms with Crippen LogP contribution in [0.25, 0.3) is 17.1 Å². The van der Waals surface area contributed by atoms with E-state index in [2.05, 4.69) is 20.4 Å². The molecule has 0 bridgehead atoms. The highest BCUT2D eigenvalue weighted by Gasteiger charge is 2.33. The van der Waals surface area contributed by atoms with E-state index in [1.54, 1.807) is 7.11 Å². The normalized spacial score (nSPS) is 15.3. The van der Waals surface area contributed by atoms with Gasteiger partial charge in [-0.25, -0.2) is 18.9 Å². The third kappa shape index (κ3) is 6.44. The summed E-state index contributed by atoms with van der Waals surface area (Å²) in [5.41, 5.74) is 1.84. The van der Waals surface area contributed by atoms with Crippen LogP contribution >= 0.6 is 11.8 Å². The number of nitrogens with one attached hydrogen (secondary N) is 1. The smallest absolute Gasteiger partial charge is 0.377 e. The molecule has 1 fully saturated rings. The lowest BCUT2D eigenvalue weighted by Gasteiger charge is -2.23. The van der Waals surface area contributed by atoms with Crippen LogP contribution in [0.3, 0.4) is 0 Å². The van der Waals surface area contributed by atoms with Gasteiger partial charge in [-0.3, -0.25) is 9.69 Å². The summed E-state index contributed by atoms with van der Waals surface area (Å²) in [6.07, 6.45) is -3.50. The summed E-state index contributed by atoms with van der Waals surface area (Å²) in [6, 6.07) is 12.9. The highest BCUT2D eigenvalue weighted by molar-refractivity contribution is 8.15. The zero-order chi connectivity index (χ0) is 30.9. The number of aliphatic imine (C=N–C) groups is 1. The van der Waals surface area contributed by atoms with Crippen molar-refractivity contribution in [1.82, 2.24) is 14.8 Å². The second-order valence-corrected chi connectivity index (χ2v) is 10.5. The molecule has 1 N–H and O–H groups in total. The number of nitrogens with zero attached hydrogens (tertiary/aromatic N) is 5. The number of alkyl halides is 3. The van der Waals surface area contributed by atoms with Gasteiger partial charge in [0.25, 0.3) is 0 Å². The van der Waals surface area contributed by atoms with Gasteiger partial charge < -0.3 is 10.1 Å². The average molecular weight is 613 g/mol. The number of carbonyl (C=O) groups is 2. The molecule has 0 spiro atoms. The highest BCUT2D eigenvalue weighted by atomic mass is 32.2. The lowest BCUT2D eigenvalue weighted by molar-refractivity contribution is -0.137. The highest BCUT2D eigenvalue weighted by Crippen LogP contribution is 2.35. The van der Waals surface area contributed by atoms with Gasteiger partial charge in [0.15, 0.2) is 11.0 Å². The Morgan fingerprint density at radius 3 is 2.53 bits per heavy atom. The molecule has 3 amide bonds. The first-order chi connectivity index (χ1) is 20.4. The van der Waals surface area contributed by atoms with Gasteiger partial charge in [0.2, 0.25) is 5.91 Å². The molecule has 1 aliphatic rings. The third-order valence-electron chi connectivity index (χ3n) is 6.60. The van der Waals surface area contributed by atoms with Crippen LogP contribution in [0.4, 0.5) is 33.7 Å². The number of amides is 3. The van der Waals surface area contributed by atoms with E-state index in [0.717, 1.165) is 41.1 Å². The van der Waals surface area contributed by atoms with Crippen LogP contribution in [0, 0.1) is 12.7 Å². The first-order valence-corrected chi connectivity index (χ1v) is 13.8. The number of rotatable bonds is 6. The number of halogens is 4. The Morgan fingerprint density at radius 2 is 1.86 bits per heavy atom. The maximum Gasteiger partial charge on any atom is 0.416 e.